The van der Waals surface area contributed by atoms with Crippen LogP contribution in [0.2, 0.25) is 0 Å². The number of halogens is 2. The van der Waals surface area contributed by atoms with E-state index in [0.717, 1.165) is 38.0 Å². The van der Waals surface area contributed by atoms with E-state index in [1.807, 2.05) is 17.0 Å². The van der Waals surface area contributed by atoms with Gasteiger partial charge in [0.1, 0.15) is 18.1 Å². The Kier molecular flexibility index (Phi) is 6.91. The number of carbonyl (C=O) groups excluding carboxylic acids is 1. The van der Waals surface area contributed by atoms with Crippen molar-refractivity contribution >= 4 is 11.9 Å². The maximum atomic E-state index is 13.6. The summed E-state index contributed by atoms with van der Waals surface area (Å²) in [6.07, 6.45) is 3.01. The number of piperidine rings is 1. The zero-order chi connectivity index (χ0) is 22.7. The zero-order valence-electron chi connectivity index (χ0n) is 18.6. The summed E-state index contributed by atoms with van der Waals surface area (Å²) in [4.78, 5) is 18.9. The lowest BCUT2D eigenvalue weighted by molar-refractivity contribution is -0.133. The third-order valence-electron chi connectivity index (χ3n) is 6.75. The highest BCUT2D eigenvalue weighted by molar-refractivity contribution is 5.76. The fourth-order valence-electron chi connectivity index (χ4n) is 4.93. The summed E-state index contributed by atoms with van der Waals surface area (Å²) in [5.41, 5.74) is 2.39. The molecule has 1 aromatic heterocycles. The summed E-state index contributed by atoms with van der Waals surface area (Å²) in [7, 11) is 1.65. The average Bonchev–Trinajstić information content (AvgIpc) is 3.28. The van der Waals surface area contributed by atoms with E-state index >= 15 is 0 Å². The molecular formula is C23H31F2N5O2. The number of aryl methyl sites for hydroxylation is 2. The van der Waals surface area contributed by atoms with Crippen LogP contribution in [0.15, 0.2) is 24.5 Å². The van der Waals surface area contributed by atoms with Gasteiger partial charge in [-0.2, -0.15) is 10.1 Å². The molecule has 3 atom stereocenters. The maximum absolute atomic E-state index is 13.6. The number of amides is 1. The van der Waals surface area contributed by atoms with Gasteiger partial charge in [0.25, 0.3) is 6.43 Å². The molecule has 2 aliphatic heterocycles. The quantitative estimate of drug-likeness (QED) is 0.698. The summed E-state index contributed by atoms with van der Waals surface area (Å²) in [5, 5.41) is 7.23. The molecule has 2 aliphatic rings. The van der Waals surface area contributed by atoms with E-state index in [1.54, 1.807) is 7.11 Å². The molecule has 0 spiro atoms. The molecule has 4 rings (SSSR count). The number of nitrogens with zero attached hydrogens (tertiary/aromatic N) is 4. The predicted octanol–water partition coefficient (Wildman–Crippen LogP) is 3.85. The van der Waals surface area contributed by atoms with E-state index in [0.29, 0.717) is 18.9 Å². The molecule has 32 heavy (non-hydrogen) atoms. The number of hydrogen-bond acceptors (Lipinski definition) is 5. The largest absolute Gasteiger partial charge is 0.497 e. The van der Waals surface area contributed by atoms with Crippen LogP contribution in [0.1, 0.15) is 49.3 Å². The number of benzene rings is 1. The standard InChI is InChI=1S/C23H31F2N5O2/c1-15-11-18(32-2)9-8-16(15)5-3-7-21(31)29-10-4-6-17(13-29)19-12-20(22(24)25)30-23(28-19)26-14-27-30/h8-9,11,14,17,19-20,22H,3-7,10,12-13H2,1-2H3,(H,26,27,28)/t17?,19-,20+/m0/s1. The Labute approximate surface area is 187 Å². The van der Waals surface area contributed by atoms with Gasteiger partial charge in [-0.15, -0.1) is 0 Å². The van der Waals surface area contributed by atoms with Crippen LogP contribution in [0.5, 0.6) is 5.75 Å². The van der Waals surface area contributed by atoms with Gasteiger partial charge in [0, 0.05) is 25.6 Å². The lowest BCUT2D eigenvalue weighted by Crippen LogP contribution is -2.48. The van der Waals surface area contributed by atoms with Crippen molar-refractivity contribution in [2.75, 3.05) is 25.5 Å². The van der Waals surface area contributed by atoms with Gasteiger partial charge < -0.3 is 15.0 Å². The molecule has 2 aromatic rings. The molecule has 0 radical (unpaired) electrons. The van der Waals surface area contributed by atoms with E-state index in [2.05, 4.69) is 28.4 Å². The summed E-state index contributed by atoms with van der Waals surface area (Å²) < 4.78 is 33.7. The van der Waals surface area contributed by atoms with Gasteiger partial charge in [0.2, 0.25) is 11.9 Å². The molecule has 0 bridgehead atoms. The lowest BCUT2D eigenvalue weighted by atomic mass is 9.86. The van der Waals surface area contributed by atoms with Gasteiger partial charge in [-0.25, -0.2) is 13.5 Å². The van der Waals surface area contributed by atoms with Crippen LogP contribution in [0, 0.1) is 12.8 Å². The molecule has 0 aliphatic carbocycles. The highest BCUT2D eigenvalue weighted by Crippen LogP contribution is 2.35. The number of fused-ring (bicyclic) bond motifs is 1. The number of ether oxygens (including phenoxy) is 1. The number of hydrogen-bond donors (Lipinski definition) is 1. The molecule has 1 saturated heterocycles. The lowest BCUT2D eigenvalue weighted by Gasteiger charge is -2.40. The van der Waals surface area contributed by atoms with Crippen molar-refractivity contribution in [1.29, 1.82) is 0 Å². The SMILES string of the molecule is COc1ccc(CCCC(=O)N2CCCC([C@@H]3C[C@H](C(F)F)n4ncnc4N3)C2)c(C)c1. The number of rotatable bonds is 7. The minimum atomic E-state index is -2.50. The number of carbonyl (C=O) groups is 1. The average molecular weight is 448 g/mol. The zero-order valence-corrected chi connectivity index (χ0v) is 18.6. The first-order valence-electron chi connectivity index (χ1n) is 11.3. The Morgan fingerprint density at radius 1 is 1.38 bits per heavy atom. The molecule has 7 nitrogen and oxygen atoms in total. The molecule has 1 N–H and O–H groups in total. The van der Waals surface area contributed by atoms with Crippen LogP contribution in [0.3, 0.4) is 0 Å². The first kappa shape index (κ1) is 22.5. The van der Waals surface area contributed by atoms with Gasteiger partial charge in [-0.05, 0) is 68.2 Å². The highest BCUT2D eigenvalue weighted by Gasteiger charge is 2.38. The van der Waals surface area contributed by atoms with Crippen molar-refractivity contribution < 1.29 is 18.3 Å². The van der Waals surface area contributed by atoms with Gasteiger partial charge >= 0.3 is 0 Å². The van der Waals surface area contributed by atoms with E-state index < -0.39 is 12.5 Å². The number of likely N-dealkylation sites (tertiary alicyclic amines) is 1. The van der Waals surface area contributed by atoms with Crippen molar-refractivity contribution in [1.82, 2.24) is 19.7 Å². The number of methoxy groups -OCH3 is 1. The van der Waals surface area contributed by atoms with Gasteiger partial charge in [-0.1, -0.05) is 6.07 Å². The van der Waals surface area contributed by atoms with E-state index in [9.17, 15) is 13.6 Å². The molecule has 1 unspecified atom stereocenters. The predicted molar refractivity (Wildman–Crippen MR) is 117 cm³/mol. The number of nitrogens with one attached hydrogen (secondary N) is 1. The third-order valence-corrected chi connectivity index (χ3v) is 6.75. The Morgan fingerprint density at radius 3 is 2.97 bits per heavy atom. The van der Waals surface area contributed by atoms with Crippen molar-refractivity contribution in [2.45, 2.75) is 64.0 Å². The fourth-order valence-corrected chi connectivity index (χ4v) is 4.93. The molecule has 1 amide bonds. The Hall–Kier alpha value is -2.71. The molecular weight excluding hydrogens is 416 g/mol. The summed E-state index contributed by atoms with van der Waals surface area (Å²) >= 11 is 0. The van der Waals surface area contributed by atoms with Crippen LogP contribution < -0.4 is 10.1 Å². The molecule has 1 fully saturated rings. The number of alkyl halides is 2. The monoisotopic (exact) mass is 447 g/mol. The van der Waals surface area contributed by atoms with Crippen LogP contribution in [0.25, 0.3) is 0 Å². The number of aromatic nitrogens is 3. The second-order valence-corrected chi connectivity index (χ2v) is 8.80. The van der Waals surface area contributed by atoms with Crippen LogP contribution in [0.4, 0.5) is 14.7 Å². The topological polar surface area (TPSA) is 72.3 Å². The molecule has 0 saturated carbocycles. The van der Waals surface area contributed by atoms with E-state index in [4.69, 9.17) is 4.74 Å². The second kappa shape index (κ2) is 9.83. The molecule has 3 heterocycles. The van der Waals surface area contributed by atoms with Crippen LogP contribution in [-0.2, 0) is 11.2 Å². The van der Waals surface area contributed by atoms with Crippen molar-refractivity contribution in [2.24, 2.45) is 5.92 Å². The number of anilines is 1. The van der Waals surface area contributed by atoms with Crippen molar-refractivity contribution in [3.63, 3.8) is 0 Å². The molecule has 1 aromatic carbocycles. The van der Waals surface area contributed by atoms with Gasteiger partial charge in [-0.3, -0.25) is 4.79 Å². The fraction of sp³-hybridized carbons (Fsp3) is 0.609. The summed E-state index contributed by atoms with van der Waals surface area (Å²) in [6, 6.07) is 4.91. The summed E-state index contributed by atoms with van der Waals surface area (Å²) in [6.45, 7) is 3.39. The van der Waals surface area contributed by atoms with Gasteiger partial charge in [0.05, 0.1) is 7.11 Å². The minimum absolute atomic E-state index is 0.128. The van der Waals surface area contributed by atoms with Crippen LogP contribution >= 0.6 is 0 Å². The van der Waals surface area contributed by atoms with E-state index in [-0.39, 0.29) is 24.3 Å². The van der Waals surface area contributed by atoms with Crippen molar-refractivity contribution in [3.8, 4) is 5.75 Å². The normalized spacial score (nSPS) is 23.0. The minimum Gasteiger partial charge on any atom is -0.497 e. The van der Waals surface area contributed by atoms with Gasteiger partial charge in [0.15, 0.2) is 0 Å². The first-order valence-corrected chi connectivity index (χ1v) is 11.3. The smallest absolute Gasteiger partial charge is 0.260 e. The highest BCUT2D eigenvalue weighted by atomic mass is 19.3. The van der Waals surface area contributed by atoms with Crippen LogP contribution in [-0.4, -0.2) is 58.2 Å². The maximum Gasteiger partial charge on any atom is 0.260 e. The molecule has 174 valence electrons. The van der Waals surface area contributed by atoms with E-state index in [1.165, 1.54) is 22.1 Å². The second-order valence-electron chi connectivity index (χ2n) is 8.80. The summed E-state index contributed by atoms with van der Waals surface area (Å²) in [5.74, 6) is 1.50. The molecule has 9 heteroatoms. The third kappa shape index (κ3) is 4.86. The Bertz CT molecular complexity index is 935. The van der Waals surface area contributed by atoms with Crippen molar-refractivity contribution in [3.05, 3.63) is 35.7 Å². The Morgan fingerprint density at radius 2 is 2.22 bits per heavy atom. The Balaban J connectivity index is 1.31. The first-order chi connectivity index (χ1) is 15.5.